The van der Waals surface area contributed by atoms with Crippen LogP contribution in [0.25, 0.3) is 0 Å². The third-order valence-electron chi connectivity index (χ3n) is 4.17. The zero-order chi connectivity index (χ0) is 19.9. The molecular weight excluding hydrogens is 354 g/mol. The number of urea groups is 1. The van der Waals surface area contributed by atoms with Gasteiger partial charge in [-0.3, -0.25) is 4.79 Å². The Balaban J connectivity index is 1.74. The summed E-state index contributed by atoms with van der Waals surface area (Å²) in [5, 5.41) is 8.36. The Morgan fingerprint density at radius 2 is 1.25 bits per heavy atom. The van der Waals surface area contributed by atoms with Gasteiger partial charge in [0.1, 0.15) is 5.75 Å². The molecule has 28 heavy (non-hydrogen) atoms. The van der Waals surface area contributed by atoms with Gasteiger partial charge in [0.2, 0.25) is 0 Å². The van der Waals surface area contributed by atoms with E-state index >= 15 is 0 Å². The molecule has 0 atom stereocenters. The van der Waals surface area contributed by atoms with Crippen LogP contribution in [0.4, 0.5) is 21.9 Å². The summed E-state index contributed by atoms with van der Waals surface area (Å²) >= 11 is 0. The molecule has 3 amide bonds. The lowest BCUT2D eigenvalue weighted by Gasteiger charge is -2.14. The molecule has 0 aliphatic heterocycles. The van der Waals surface area contributed by atoms with Gasteiger partial charge >= 0.3 is 6.03 Å². The van der Waals surface area contributed by atoms with Gasteiger partial charge < -0.3 is 20.7 Å². The highest BCUT2D eigenvalue weighted by Crippen LogP contribution is 2.25. The number of rotatable bonds is 5. The summed E-state index contributed by atoms with van der Waals surface area (Å²) in [7, 11) is 1.54. The van der Waals surface area contributed by atoms with Crippen LogP contribution in [0.5, 0.6) is 5.75 Å². The second-order valence-corrected chi connectivity index (χ2v) is 6.09. The third-order valence-corrected chi connectivity index (χ3v) is 4.17. The lowest BCUT2D eigenvalue weighted by Crippen LogP contribution is -2.21. The van der Waals surface area contributed by atoms with E-state index in [2.05, 4.69) is 16.0 Å². The standard InChI is InChI=1S/C22H21N3O3/c1-15-9-3-4-10-16(15)21(26)23-17-11-5-6-12-18(17)24-22(27)25-19-13-7-8-14-20(19)28-2/h3-14H,1-2H3,(H,23,26)(H2,24,25,27). The Labute approximate surface area is 163 Å². The first-order valence-corrected chi connectivity index (χ1v) is 8.75. The first-order valence-electron chi connectivity index (χ1n) is 8.75. The molecule has 0 saturated heterocycles. The maximum atomic E-state index is 12.6. The van der Waals surface area contributed by atoms with Crippen molar-refractivity contribution in [3.05, 3.63) is 83.9 Å². The van der Waals surface area contributed by atoms with Gasteiger partial charge in [-0.15, -0.1) is 0 Å². The van der Waals surface area contributed by atoms with E-state index in [1.54, 1.807) is 48.5 Å². The SMILES string of the molecule is COc1ccccc1NC(=O)Nc1ccccc1NC(=O)c1ccccc1C. The Bertz CT molecular complexity index is 1000. The molecular formula is C22H21N3O3. The van der Waals surface area contributed by atoms with Crippen LogP contribution in [0, 0.1) is 6.92 Å². The van der Waals surface area contributed by atoms with Gasteiger partial charge in [0.15, 0.2) is 0 Å². The van der Waals surface area contributed by atoms with Gasteiger partial charge in [0, 0.05) is 5.56 Å². The van der Waals surface area contributed by atoms with Crippen LogP contribution < -0.4 is 20.7 Å². The summed E-state index contributed by atoms with van der Waals surface area (Å²) in [6, 6.07) is 21.0. The number of aryl methyl sites for hydroxylation is 1. The van der Waals surface area contributed by atoms with Crippen molar-refractivity contribution < 1.29 is 14.3 Å². The lowest BCUT2D eigenvalue weighted by molar-refractivity contribution is 0.102. The summed E-state index contributed by atoms with van der Waals surface area (Å²) < 4.78 is 5.23. The highest BCUT2D eigenvalue weighted by molar-refractivity contribution is 6.09. The van der Waals surface area contributed by atoms with Crippen LogP contribution in [0.3, 0.4) is 0 Å². The molecule has 0 fully saturated rings. The molecule has 0 saturated carbocycles. The van der Waals surface area contributed by atoms with Crippen molar-refractivity contribution in [2.75, 3.05) is 23.1 Å². The van der Waals surface area contributed by atoms with Crippen LogP contribution in [0.1, 0.15) is 15.9 Å². The number of carbonyl (C=O) groups excluding carboxylic acids is 2. The van der Waals surface area contributed by atoms with Gasteiger partial charge in [-0.05, 0) is 42.8 Å². The predicted octanol–water partition coefficient (Wildman–Crippen LogP) is 4.90. The Hall–Kier alpha value is -3.80. The number of carbonyl (C=O) groups is 2. The molecule has 3 aromatic rings. The van der Waals surface area contributed by atoms with Crippen LogP contribution >= 0.6 is 0 Å². The number of benzene rings is 3. The molecule has 0 heterocycles. The molecule has 6 nitrogen and oxygen atoms in total. The first-order chi connectivity index (χ1) is 13.6. The second kappa shape index (κ2) is 8.73. The summed E-state index contributed by atoms with van der Waals surface area (Å²) in [6.07, 6.45) is 0. The highest BCUT2D eigenvalue weighted by Gasteiger charge is 2.13. The van der Waals surface area contributed by atoms with Gasteiger partial charge in [-0.25, -0.2) is 4.79 Å². The van der Waals surface area contributed by atoms with Crippen LogP contribution in [-0.4, -0.2) is 19.0 Å². The van der Waals surface area contributed by atoms with E-state index in [0.29, 0.717) is 28.4 Å². The molecule has 142 valence electrons. The molecule has 0 aliphatic carbocycles. The number of hydrogen-bond donors (Lipinski definition) is 3. The molecule has 3 rings (SSSR count). The van der Waals surface area contributed by atoms with Crippen LogP contribution in [-0.2, 0) is 0 Å². The average Bonchev–Trinajstić information content (AvgIpc) is 2.70. The molecule has 0 aromatic heterocycles. The monoisotopic (exact) mass is 375 g/mol. The fourth-order valence-electron chi connectivity index (χ4n) is 2.74. The smallest absolute Gasteiger partial charge is 0.323 e. The summed E-state index contributed by atoms with van der Waals surface area (Å²) in [5.41, 5.74) is 2.99. The minimum absolute atomic E-state index is 0.238. The van der Waals surface area contributed by atoms with Crippen LogP contribution in [0.2, 0.25) is 0 Å². The molecule has 0 radical (unpaired) electrons. The van der Waals surface area contributed by atoms with Crippen molar-refractivity contribution in [2.45, 2.75) is 6.92 Å². The average molecular weight is 375 g/mol. The first kappa shape index (κ1) is 19.0. The van der Waals surface area contributed by atoms with Crippen molar-refractivity contribution in [3.8, 4) is 5.75 Å². The van der Waals surface area contributed by atoms with Gasteiger partial charge in [0.25, 0.3) is 5.91 Å². The number of amides is 3. The van der Waals surface area contributed by atoms with E-state index in [4.69, 9.17) is 4.74 Å². The summed E-state index contributed by atoms with van der Waals surface area (Å²) in [5.74, 6) is 0.316. The topological polar surface area (TPSA) is 79.5 Å². The van der Waals surface area contributed by atoms with Crippen molar-refractivity contribution in [1.82, 2.24) is 0 Å². The largest absolute Gasteiger partial charge is 0.495 e. The van der Waals surface area contributed by atoms with E-state index in [9.17, 15) is 9.59 Å². The predicted molar refractivity (Wildman–Crippen MR) is 111 cm³/mol. The number of para-hydroxylation sites is 4. The molecule has 3 aromatic carbocycles. The number of anilines is 3. The molecule has 0 bridgehead atoms. The molecule has 0 aliphatic rings. The normalized spacial score (nSPS) is 10.1. The zero-order valence-corrected chi connectivity index (χ0v) is 15.7. The van der Waals surface area contributed by atoms with Crippen molar-refractivity contribution in [1.29, 1.82) is 0 Å². The molecule has 0 unspecified atom stereocenters. The quantitative estimate of drug-likeness (QED) is 0.593. The Morgan fingerprint density at radius 1 is 0.714 bits per heavy atom. The van der Waals surface area contributed by atoms with Crippen molar-refractivity contribution >= 4 is 29.0 Å². The summed E-state index contributed by atoms with van der Waals surface area (Å²) in [4.78, 5) is 25.0. The third kappa shape index (κ3) is 4.48. The maximum Gasteiger partial charge on any atom is 0.323 e. The maximum absolute atomic E-state index is 12.6. The van der Waals surface area contributed by atoms with E-state index in [1.165, 1.54) is 7.11 Å². The highest BCUT2D eigenvalue weighted by atomic mass is 16.5. The number of nitrogens with one attached hydrogen (secondary N) is 3. The van der Waals surface area contributed by atoms with Gasteiger partial charge in [0.05, 0.1) is 24.2 Å². The van der Waals surface area contributed by atoms with Gasteiger partial charge in [-0.1, -0.05) is 42.5 Å². The van der Waals surface area contributed by atoms with E-state index in [1.807, 2.05) is 31.2 Å². The zero-order valence-electron chi connectivity index (χ0n) is 15.7. The Morgan fingerprint density at radius 3 is 1.93 bits per heavy atom. The van der Waals surface area contributed by atoms with E-state index < -0.39 is 6.03 Å². The molecule has 6 heteroatoms. The van der Waals surface area contributed by atoms with Gasteiger partial charge in [-0.2, -0.15) is 0 Å². The molecule has 0 spiro atoms. The number of methoxy groups -OCH3 is 1. The molecule has 3 N–H and O–H groups in total. The second-order valence-electron chi connectivity index (χ2n) is 6.09. The number of ether oxygens (including phenoxy) is 1. The van der Waals surface area contributed by atoms with E-state index in [0.717, 1.165) is 5.56 Å². The minimum Gasteiger partial charge on any atom is -0.495 e. The number of hydrogen-bond acceptors (Lipinski definition) is 3. The summed E-state index contributed by atoms with van der Waals surface area (Å²) in [6.45, 7) is 1.87. The fourth-order valence-corrected chi connectivity index (χ4v) is 2.74. The van der Waals surface area contributed by atoms with Crippen molar-refractivity contribution in [2.24, 2.45) is 0 Å². The Kier molecular flexibility index (Phi) is 5.91. The lowest BCUT2D eigenvalue weighted by atomic mass is 10.1. The van der Waals surface area contributed by atoms with E-state index in [-0.39, 0.29) is 5.91 Å². The minimum atomic E-state index is -0.443. The fraction of sp³-hybridized carbons (Fsp3) is 0.0909. The van der Waals surface area contributed by atoms with Crippen molar-refractivity contribution in [3.63, 3.8) is 0 Å². The van der Waals surface area contributed by atoms with Crippen LogP contribution in [0.15, 0.2) is 72.8 Å².